The van der Waals surface area contributed by atoms with E-state index in [1.54, 1.807) is 36.4 Å². The molecule has 136 valence electrons. The van der Waals surface area contributed by atoms with Crippen LogP contribution in [0.25, 0.3) is 22.4 Å². The van der Waals surface area contributed by atoms with Crippen LogP contribution in [0.15, 0.2) is 56.2 Å². The first-order valence-corrected chi connectivity index (χ1v) is 8.70. The van der Waals surface area contributed by atoms with E-state index < -0.39 is 5.63 Å². The first kappa shape index (κ1) is 17.6. The van der Waals surface area contributed by atoms with Crippen molar-refractivity contribution in [1.29, 1.82) is 0 Å². The molecule has 2 heterocycles. The number of aryl methyl sites for hydroxylation is 1. The highest BCUT2D eigenvalue weighted by atomic mass is 35.5. The molecule has 0 amide bonds. The summed E-state index contributed by atoms with van der Waals surface area (Å²) in [5, 5.41) is 5.68. The van der Waals surface area contributed by atoms with Crippen LogP contribution in [-0.4, -0.2) is 10.1 Å². The second-order valence-corrected chi connectivity index (χ2v) is 6.68. The lowest BCUT2D eigenvalue weighted by atomic mass is 10.1. The molecule has 2 aromatic carbocycles. The summed E-state index contributed by atoms with van der Waals surface area (Å²) in [7, 11) is 0. The molecule has 0 atom stereocenters. The average Bonchev–Trinajstić information content (AvgIpc) is 3.10. The number of benzene rings is 2. The summed E-state index contributed by atoms with van der Waals surface area (Å²) < 4.78 is 16.1. The number of ether oxygens (including phenoxy) is 1. The molecule has 2 aromatic heterocycles. The lowest BCUT2D eigenvalue weighted by Gasteiger charge is -2.08. The van der Waals surface area contributed by atoms with Crippen LogP contribution in [0, 0.1) is 6.92 Å². The molecule has 0 unspecified atom stereocenters. The van der Waals surface area contributed by atoms with E-state index in [9.17, 15) is 4.79 Å². The zero-order valence-corrected chi connectivity index (χ0v) is 15.5. The van der Waals surface area contributed by atoms with Crippen molar-refractivity contribution in [2.24, 2.45) is 0 Å². The number of aromatic nitrogens is 2. The molecule has 8 heteroatoms. The smallest absolute Gasteiger partial charge is 0.336 e. The minimum atomic E-state index is -0.433. The molecule has 27 heavy (non-hydrogen) atoms. The summed E-state index contributed by atoms with van der Waals surface area (Å²) in [6.45, 7) is 1.83. The Balaban J connectivity index is 1.56. The van der Waals surface area contributed by atoms with Crippen molar-refractivity contribution in [2.75, 3.05) is 0 Å². The van der Waals surface area contributed by atoms with Crippen molar-refractivity contribution in [1.82, 2.24) is 10.1 Å². The van der Waals surface area contributed by atoms with Gasteiger partial charge in [0.25, 0.3) is 5.89 Å². The lowest BCUT2D eigenvalue weighted by molar-refractivity contribution is 0.243. The van der Waals surface area contributed by atoms with Crippen molar-refractivity contribution in [3.8, 4) is 17.1 Å². The van der Waals surface area contributed by atoms with Crippen LogP contribution in [0.5, 0.6) is 5.75 Å². The second kappa shape index (κ2) is 7.06. The number of hydrogen-bond donors (Lipinski definition) is 0. The van der Waals surface area contributed by atoms with E-state index >= 15 is 0 Å². The third kappa shape index (κ3) is 3.67. The van der Waals surface area contributed by atoms with Gasteiger partial charge in [0, 0.05) is 28.1 Å². The third-order valence-corrected chi connectivity index (χ3v) is 4.47. The van der Waals surface area contributed by atoms with Crippen LogP contribution < -0.4 is 10.4 Å². The van der Waals surface area contributed by atoms with Gasteiger partial charge in [-0.25, -0.2) is 4.79 Å². The first-order valence-electron chi connectivity index (χ1n) is 7.95. The molecule has 0 N–H and O–H groups in total. The topological polar surface area (TPSA) is 78.4 Å². The highest BCUT2D eigenvalue weighted by Crippen LogP contribution is 2.31. The van der Waals surface area contributed by atoms with E-state index in [1.807, 2.05) is 6.92 Å². The first-order chi connectivity index (χ1) is 13.0. The Kier molecular flexibility index (Phi) is 4.59. The molecule has 0 saturated heterocycles. The molecular weight excluding hydrogens is 391 g/mol. The Morgan fingerprint density at radius 1 is 1.11 bits per heavy atom. The summed E-state index contributed by atoms with van der Waals surface area (Å²) in [4.78, 5) is 15.8. The number of nitrogens with zero attached hydrogens (tertiary/aromatic N) is 2. The fraction of sp³-hybridized carbons (Fsp3) is 0.105. The number of hydrogen-bond acceptors (Lipinski definition) is 6. The Labute approximate surface area is 163 Å². The van der Waals surface area contributed by atoms with Crippen molar-refractivity contribution in [3.63, 3.8) is 0 Å². The Morgan fingerprint density at radius 2 is 1.89 bits per heavy atom. The standard InChI is InChI=1S/C19H12Cl2N2O4/c1-10-6-18(24)26-15-8-16(14(21)7-13(10)15)25-9-17-22-19(23-27-17)11-2-4-12(20)5-3-11/h2-8H,9H2,1H3. The monoisotopic (exact) mass is 402 g/mol. The van der Waals surface area contributed by atoms with Gasteiger partial charge in [0.15, 0.2) is 6.61 Å². The normalized spacial score (nSPS) is 11.1. The van der Waals surface area contributed by atoms with Gasteiger partial charge in [0.2, 0.25) is 5.82 Å². The Morgan fingerprint density at radius 3 is 2.67 bits per heavy atom. The van der Waals surface area contributed by atoms with Crippen LogP contribution in [0.4, 0.5) is 0 Å². The molecular formula is C19H12Cl2N2O4. The average molecular weight is 403 g/mol. The molecule has 6 nitrogen and oxygen atoms in total. The maximum atomic E-state index is 11.6. The largest absolute Gasteiger partial charge is 0.482 e. The summed E-state index contributed by atoms with van der Waals surface area (Å²) in [6, 6.07) is 11.8. The summed E-state index contributed by atoms with van der Waals surface area (Å²) >= 11 is 12.1. The summed E-state index contributed by atoms with van der Waals surface area (Å²) in [5.74, 6) is 1.06. The molecule has 0 aliphatic heterocycles. The van der Waals surface area contributed by atoms with Gasteiger partial charge in [0.1, 0.15) is 11.3 Å². The third-order valence-electron chi connectivity index (χ3n) is 3.93. The van der Waals surface area contributed by atoms with Crippen LogP contribution in [0.2, 0.25) is 10.0 Å². The molecule has 0 fully saturated rings. The van der Waals surface area contributed by atoms with Gasteiger partial charge < -0.3 is 13.7 Å². The van der Waals surface area contributed by atoms with Crippen LogP contribution in [0.3, 0.4) is 0 Å². The predicted molar refractivity (Wildman–Crippen MR) is 101 cm³/mol. The molecule has 0 radical (unpaired) electrons. The van der Waals surface area contributed by atoms with E-state index in [1.165, 1.54) is 6.07 Å². The van der Waals surface area contributed by atoms with Gasteiger partial charge in [-0.05, 0) is 42.8 Å². The molecule has 0 aliphatic rings. The van der Waals surface area contributed by atoms with E-state index in [-0.39, 0.29) is 12.5 Å². The highest BCUT2D eigenvalue weighted by Gasteiger charge is 2.13. The van der Waals surface area contributed by atoms with Crippen molar-refractivity contribution >= 4 is 34.2 Å². The lowest BCUT2D eigenvalue weighted by Crippen LogP contribution is -2.00. The summed E-state index contributed by atoms with van der Waals surface area (Å²) in [5.41, 5.74) is 1.51. The van der Waals surface area contributed by atoms with E-state index in [4.69, 9.17) is 36.9 Å². The van der Waals surface area contributed by atoms with Crippen LogP contribution in [-0.2, 0) is 6.61 Å². The zero-order valence-electron chi connectivity index (χ0n) is 14.0. The van der Waals surface area contributed by atoms with Crippen molar-refractivity contribution < 1.29 is 13.7 Å². The SMILES string of the molecule is Cc1cc(=O)oc2cc(OCc3nc(-c4ccc(Cl)cc4)no3)c(Cl)cc12. The molecule has 0 spiro atoms. The number of halogens is 2. The second-order valence-electron chi connectivity index (χ2n) is 5.83. The number of rotatable bonds is 4. The van der Waals surface area contributed by atoms with Crippen molar-refractivity contribution in [3.05, 3.63) is 74.4 Å². The van der Waals surface area contributed by atoms with Gasteiger partial charge in [-0.1, -0.05) is 28.4 Å². The Hall–Kier alpha value is -2.83. The van der Waals surface area contributed by atoms with Gasteiger partial charge in [-0.15, -0.1) is 0 Å². The van der Waals surface area contributed by atoms with Crippen molar-refractivity contribution in [2.45, 2.75) is 13.5 Å². The van der Waals surface area contributed by atoms with Gasteiger partial charge in [-0.3, -0.25) is 0 Å². The molecule has 0 aliphatic carbocycles. The van der Waals surface area contributed by atoms with E-state index in [2.05, 4.69) is 10.1 Å². The Bertz CT molecular complexity index is 1180. The van der Waals surface area contributed by atoms with Gasteiger partial charge in [0.05, 0.1) is 5.02 Å². The van der Waals surface area contributed by atoms with E-state index in [0.717, 1.165) is 16.5 Å². The fourth-order valence-electron chi connectivity index (χ4n) is 2.60. The van der Waals surface area contributed by atoms with Gasteiger partial charge >= 0.3 is 5.63 Å². The maximum Gasteiger partial charge on any atom is 0.336 e. The predicted octanol–water partition coefficient (Wildman–Crippen LogP) is 5.04. The molecule has 0 bridgehead atoms. The minimum Gasteiger partial charge on any atom is -0.482 e. The van der Waals surface area contributed by atoms with Crippen LogP contribution >= 0.6 is 23.2 Å². The van der Waals surface area contributed by atoms with Crippen LogP contribution in [0.1, 0.15) is 11.5 Å². The molecule has 4 aromatic rings. The highest BCUT2D eigenvalue weighted by molar-refractivity contribution is 6.32. The van der Waals surface area contributed by atoms with Gasteiger partial charge in [-0.2, -0.15) is 4.98 Å². The molecule has 0 saturated carbocycles. The minimum absolute atomic E-state index is 0.0157. The molecule has 4 rings (SSSR count). The maximum absolute atomic E-state index is 11.6. The number of fused-ring (bicyclic) bond motifs is 1. The van der Waals surface area contributed by atoms with E-state index in [0.29, 0.717) is 27.2 Å². The quantitative estimate of drug-likeness (QED) is 0.445. The zero-order chi connectivity index (χ0) is 19.0. The fourth-order valence-corrected chi connectivity index (χ4v) is 2.94. The summed E-state index contributed by atoms with van der Waals surface area (Å²) in [6.07, 6.45) is 0.